The lowest BCUT2D eigenvalue weighted by atomic mass is 9.53. The van der Waals surface area contributed by atoms with Gasteiger partial charge < -0.3 is 15.7 Å². The Morgan fingerprint density at radius 3 is 2.46 bits per heavy atom. The number of hydrogen-bond acceptors (Lipinski definition) is 3. The highest BCUT2D eigenvalue weighted by Gasteiger charge is 2.53. The second-order valence-electron chi connectivity index (χ2n) is 8.23. The van der Waals surface area contributed by atoms with Crippen molar-refractivity contribution >= 4 is 17.7 Å². The number of amides is 2. The van der Waals surface area contributed by atoms with Crippen LogP contribution in [0.4, 0.5) is 10.5 Å². The molecule has 2 aromatic rings. The van der Waals surface area contributed by atoms with E-state index in [0.29, 0.717) is 12.1 Å². The van der Waals surface area contributed by atoms with Crippen molar-refractivity contribution in [3.63, 3.8) is 0 Å². The largest absolute Gasteiger partial charge is 0.481 e. The van der Waals surface area contributed by atoms with E-state index in [1.54, 1.807) is 4.68 Å². The molecule has 3 rings (SSSR count). The molecule has 7 heteroatoms. The van der Waals surface area contributed by atoms with Gasteiger partial charge in [0.25, 0.3) is 0 Å². The normalized spacial score (nSPS) is 21.5. The lowest BCUT2D eigenvalue weighted by Crippen LogP contribution is -2.57. The standard InChI is InChI=1S/C21H28N4O3/c1-12(16-11-17(19(26)27)21(16,4)5)22-20(28)23-18-13(2)24-25(14(18)3)15-9-7-6-8-10-15/h6-10,12,16-17H,11H2,1-5H3,(H,26,27)(H2,22,23,28)/t12?,16-,17+/m0/s1. The molecule has 0 saturated heterocycles. The Labute approximate surface area is 165 Å². The van der Waals surface area contributed by atoms with Crippen LogP contribution in [0, 0.1) is 31.1 Å². The molecule has 1 aliphatic carbocycles. The van der Waals surface area contributed by atoms with Crippen LogP contribution in [0.15, 0.2) is 30.3 Å². The molecule has 28 heavy (non-hydrogen) atoms. The van der Waals surface area contributed by atoms with Gasteiger partial charge in [0.05, 0.1) is 28.7 Å². The number of aryl methyl sites for hydroxylation is 1. The zero-order valence-electron chi connectivity index (χ0n) is 17.0. The summed E-state index contributed by atoms with van der Waals surface area (Å²) in [6.45, 7) is 9.61. The summed E-state index contributed by atoms with van der Waals surface area (Å²) in [6, 6.07) is 9.32. The van der Waals surface area contributed by atoms with Gasteiger partial charge in [-0.3, -0.25) is 4.79 Å². The highest BCUT2D eigenvalue weighted by molar-refractivity contribution is 5.90. The van der Waals surface area contributed by atoms with Crippen LogP contribution in [0.3, 0.4) is 0 Å². The maximum absolute atomic E-state index is 12.6. The van der Waals surface area contributed by atoms with Crippen molar-refractivity contribution in [2.75, 3.05) is 5.32 Å². The van der Waals surface area contributed by atoms with E-state index in [-0.39, 0.29) is 29.3 Å². The number of carbonyl (C=O) groups excluding carboxylic acids is 1. The van der Waals surface area contributed by atoms with E-state index in [2.05, 4.69) is 15.7 Å². The maximum Gasteiger partial charge on any atom is 0.319 e. The van der Waals surface area contributed by atoms with Gasteiger partial charge in [-0.15, -0.1) is 0 Å². The van der Waals surface area contributed by atoms with Crippen LogP contribution in [-0.4, -0.2) is 32.9 Å². The minimum atomic E-state index is -0.766. The minimum Gasteiger partial charge on any atom is -0.481 e. The highest BCUT2D eigenvalue weighted by Crippen LogP contribution is 2.52. The first-order valence-electron chi connectivity index (χ1n) is 9.55. The number of aromatic nitrogens is 2. The van der Waals surface area contributed by atoms with Crippen molar-refractivity contribution < 1.29 is 14.7 Å². The van der Waals surface area contributed by atoms with E-state index in [0.717, 1.165) is 17.1 Å². The Morgan fingerprint density at radius 1 is 1.25 bits per heavy atom. The molecule has 1 fully saturated rings. The fourth-order valence-electron chi connectivity index (χ4n) is 4.33. The molecule has 7 nitrogen and oxygen atoms in total. The molecule has 0 bridgehead atoms. The number of para-hydroxylation sites is 1. The molecule has 0 spiro atoms. The summed E-state index contributed by atoms with van der Waals surface area (Å²) in [4.78, 5) is 23.9. The maximum atomic E-state index is 12.6. The number of urea groups is 1. The Balaban J connectivity index is 1.68. The average Bonchev–Trinajstić information content (AvgIpc) is 2.89. The van der Waals surface area contributed by atoms with Crippen LogP contribution in [-0.2, 0) is 4.79 Å². The topological polar surface area (TPSA) is 96.3 Å². The summed E-state index contributed by atoms with van der Waals surface area (Å²) in [6.07, 6.45) is 0.577. The average molecular weight is 384 g/mol. The van der Waals surface area contributed by atoms with E-state index in [1.165, 1.54) is 0 Å². The molecular weight excluding hydrogens is 356 g/mol. The molecule has 1 aromatic carbocycles. The second kappa shape index (κ2) is 7.30. The molecule has 1 unspecified atom stereocenters. The van der Waals surface area contributed by atoms with Crippen LogP contribution in [0.5, 0.6) is 0 Å². The number of benzene rings is 1. The first-order valence-corrected chi connectivity index (χ1v) is 9.55. The van der Waals surface area contributed by atoms with E-state index in [1.807, 2.05) is 65.0 Å². The van der Waals surface area contributed by atoms with Crippen LogP contribution in [0.1, 0.15) is 38.6 Å². The van der Waals surface area contributed by atoms with Crippen LogP contribution in [0.2, 0.25) is 0 Å². The Kier molecular flexibility index (Phi) is 5.19. The van der Waals surface area contributed by atoms with Crippen molar-refractivity contribution in [3.05, 3.63) is 41.7 Å². The fraction of sp³-hybridized carbons (Fsp3) is 0.476. The van der Waals surface area contributed by atoms with Crippen molar-refractivity contribution in [3.8, 4) is 5.69 Å². The number of carbonyl (C=O) groups is 2. The molecule has 0 radical (unpaired) electrons. The third-order valence-electron chi connectivity index (χ3n) is 6.13. The van der Waals surface area contributed by atoms with Gasteiger partial charge in [-0.2, -0.15) is 5.10 Å². The summed E-state index contributed by atoms with van der Waals surface area (Å²) in [5.41, 5.74) is 2.86. The van der Waals surface area contributed by atoms with Gasteiger partial charge in [0.15, 0.2) is 0 Å². The van der Waals surface area contributed by atoms with Gasteiger partial charge in [0.1, 0.15) is 0 Å². The van der Waals surface area contributed by atoms with Crippen LogP contribution < -0.4 is 10.6 Å². The van der Waals surface area contributed by atoms with Crippen molar-refractivity contribution in [2.24, 2.45) is 17.3 Å². The molecule has 1 aliphatic rings. The number of carboxylic acids is 1. The van der Waals surface area contributed by atoms with Gasteiger partial charge >= 0.3 is 12.0 Å². The third kappa shape index (κ3) is 3.48. The zero-order chi connectivity index (χ0) is 20.6. The molecule has 2 amide bonds. The number of rotatable bonds is 5. The fourth-order valence-corrected chi connectivity index (χ4v) is 4.33. The summed E-state index contributed by atoms with van der Waals surface area (Å²) >= 11 is 0. The Hall–Kier alpha value is -2.83. The number of hydrogen-bond donors (Lipinski definition) is 3. The highest BCUT2D eigenvalue weighted by atomic mass is 16.4. The molecule has 3 N–H and O–H groups in total. The van der Waals surface area contributed by atoms with Crippen molar-refractivity contribution in [1.82, 2.24) is 15.1 Å². The number of nitrogens with zero attached hydrogens (tertiary/aromatic N) is 2. The molecule has 3 atom stereocenters. The summed E-state index contributed by atoms with van der Waals surface area (Å²) in [7, 11) is 0. The van der Waals surface area contributed by atoms with E-state index in [4.69, 9.17) is 0 Å². The Bertz CT molecular complexity index is 889. The minimum absolute atomic E-state index is 0.119. The number of aliphatic carboxylic acids is 1. The van der Waals surface area contributed by atoms with E-state index < -0.39 is 5.97 Å². The smallest absolute Gasteiger partial charge is 0.319 e. The lowest BCUT2D eigenvalue weighted by molar-refractivity contribution is -0.160. The molecule has 1 aromatic heterocycles. The lowest BCUT2D eigenvalue weighted by Gasteiger charge is -2.52. The molecule has 150 valence electrons. The quantitative estimate of drug-likeness (QED) is 0.731. The van der Waals surface area contributed by atoms with Gasteiger partial charge in [0.2, 0.25) is 0 Å². The zero-order valence-corrected chi connectivity index (χ0v) is 17.0. The van der Waals surface area contributed by atoms with E-state index in [9.17, 15) is 14.7 Å². The predicted molar refractivity (Wildman–Crippen MR) is 108 cm³/mol. The first kappa shape index (κ1) is 19.9. The van der Waals surface area contributed by atoms with Crippen LogP contribution >= 0.6 is 0 Å². The summed E-state index contributed by atoms with van der Waals surface area (Å²) in [5.74, 6) is -1.01. The number of carboxylic acid groups (broad SMARTS) is 1. The second-order valence-corrected chi connectivity index (χ2v) is 8.23. The SMILES string of the molecule is Cc1nn(-c2ccccc2)c(C)c1NC(=O)NC(C)[C@@H]1C[C@H](C(=O)O)C1(C)C. The molecule has 1 saturated carbocycles. The first-order chi connectivity index (χ1) is 13.1. The number of nitrogens with one attached hydrogen (secondary N) is 2. The molecule has 1 heterocycles. The molecule has 0 aliphatic heterocycles. The van der Waals surface area contributed by atoms with Crippen molar-refractivity contribution in [2.45, 2.75) is 47.1 Å². The number of anilines is 1. The van der Waals surface area contributed by atoms with Crippen LogP contribution in [0.25, 0.3) is 5.69 Å². The van der Waals surface area contributed by atoms with Gasteiger partial charge in [-0.25, -0.2) is 9.48 Å². The van der Waals surface area contributed by atoms with E-state index >= 15 is 0 Å². The van der Waals surface area contributed by atoms with Crippen molar-refractivity contribution in [1.29, 1.82) is 0 Å². The molecular formula is C21H28N4O3. The Morgan fingerprint density at radius 2 is 1.89 bits per heavy atom. The third-order valence-corrected chi connectivity index (χ3v) is 6.13. The summed E-state index contributed by atoms with van der Waals surface area (Å²) in [5, 5.41) is 19.7. The predicted octanol–water partition coefficient (Wildman–Crippen LogP) is 3.75. The monoisotopic (exact) mass is 384 g/mol. The summed E-state index contributed by atoms with van der Waals surface area (Å²) < 4.78 is 1.81. The van der Waals surface area contributed by atoms with Gasteiger partial charge in [0, 0.05) is 6.04 Å². The van der Waals surface area contributed by atoms with Gasteiger partial charge in [-0.1, -0.05) is 32.0 Å². The van der Waals surface area contributed by atoms with Gasteiger partial charge in [-0.05, 0) is 50.7 Å².